The quantitative estimate of drug-likeness (QED) is 0.778. The molecule has 1 N–H and O–H groups in total. The van der Waals surface area contributed by atoms with Gasteiger partial charge in [-0.3, -0.25) is 9.69 Å². The number of hydrogen-bond donors (Lipinski definition) is 1. The molecule has 1 aliphatic rings. The number of aliphatic carboxylic acids is 1. The number of methoxy groups -OCH3 is 1. The fourth-order valence-corrected chi connectivity index (χ4v) is 2.38. The molecule has 0 spiro atoms. The van der Waals surface area contributed by atoms with Crippen molar-refractivity contribution in [3.8, 4) is 0 Å². The van der Waals surface area contributed by atoms with Gasteiger partial charge in [-0.1, -0.05) is 20.3 Å². The second-order valence-corrected chi connectivity index (χ2v) is 4.68. The maximum Gasteiger partial charge on any atom is 0.320 e. The van der Waals surface area contributed by atoms with Gasteiger partial charge < -0.3 is 9.84 Å². The lowest BCUT2D eigenvalue weighted by Gasteiger charge is -2.39. The minimum Gasteiger partial charge on any atom is -0.480 e. The first-order chi connectivity index (χ1) is 7.60. The largest absolute Gasteiger partial charge is 0.480 e. The summed E-state index contributed by atoms with van der Waals surface area (Å²) in [5.41, 5.74) is 0. The highest BCUT2D eigenvalue weighted by atomic mass is 16.5. The minimum absolute atomic E-state index is 0.174. The van der Waals surface area contributed by atoms with Gasteiger partial charge in [0.2, 0.25) is 0 Å². The maximum absolute atomic E-state index is 11.2. The zero-order valence-electron chi connectivity index (χ0n) is 10.5. The summed E-state index contributed by atoms with van der Waals surface area (Å²) in [5, 5.41) is 9.20. The Bertz CT molecular complexity index is 232. The Balaban J connectivity index is 2.61. The van der Waals surface area contributed by atoms with Crippen molar-refractivity contribution in [2.24, 2.45) is 5.92 Å². The Morgan fingerprint density at radius 3 is 2.81 bits per heavy atom. The molecule has 3 unspecified atom stereocenters. The third-order valence-electron chi connectivity index (χ3n) is 3.51. The summed E-state index contributed by atoms with van der Waals surface area (Å²) in [6.45, 7) is 5.81. The van der Waals surface area contributed by atoms with Gasteiger partial charge in [0.1, 0.15) is 6.04 Å². The summed E-state index contributed by atoms with van der Waals surface area (Å²) in [7, 11) is 1.71. The Morgan fingerprint density at radius 2 is 2.31 bits per heavy atom. The van der Waals surface area contributed by atoms with Crippen molar-refractivity contribution in [1.82, 2.24) is 4.90 Å². The van der Waals surface area contributed by atoms with Gasteiger partial charge in [0.25, 0.3) is 0 Å². The fraction of sp³-hybridized carbons (Fsp3) is 0.917. The van der Waals surface area contributed by atoms with Crippen LogP contribution < -0.4 is 0 Å². The van der Waals surface area contributed by atoms with Gasteiger partial charge in [0.15, 0.2) is 0 Å². The van der Waals surface area contributed by atoms with Crippen molar-refractivity contribution in [3.05, 3.63) is 0 Å². The van der Waals surface area contributed by atoms with Crippen molar-refractivity contribution in [2.75, 3.05) is 20.2 Å². The zero-order chi connectivity index (χ0) is 12.1. The molecule has 0 bridgehead atoms. The molecular formula is C12H23NO3. The molecule has 3 atom stereocenters. The first-order valence-corrected chi connectivity index (χ1v) is 6.09. The van der Waals surface area contributed by atoms with Crippen LogP contribution in [0.2, 0.25) is 0 Å². The minimum atomic E-state index is -0.703. The van der Waals surface area contributed by atoms with Crippen LogP contribution in [0.3, 0.4) is 0 Å². The molecule has 1 rings (SSSR count). The van der Waals surface area contributed by atoms with Gasteiger partial charge in [-0.15, -0.1) is 0 Å². The van der Waals surface area contributed by atoms with Crippen LogP contribution in [0, 0.1) is 5.92 Å². The molecule has 16 heavy (non-hydrogen) atoms. The number of ether oxygens (including phenoxy) is 1. The smallest absolute Gasteiger partial charge is 0.320 e. The molecule has 1 fully saturated rings. The molecule has 1 heterocycles. The molecule has 0 saturated carbocycles. The predicted octanol–water partition coefficient (Wildman–Crippen LogP) is 1.60. The number of carboxylic acids is 1. The van der Waals surface area contributed by atoms with Gasteiger partial charge in [0, 0.05) is 13.7 Å². The SMILES string of the molecule is CCCC(C(=O)O)N1CCC(C)C(OC)C1. The molecule has 94 valence electrons. The summed E-state index contributed by atoms with van der Waals surface area (Å²) in [5.74, 6) is -0.177. The Morgan fingerprint density at radius 1 is 1.62 bits per heavy atom. The highest BCUT2D eigenvalue weighted by Gasteiger charge is 2.32. The number of nitrogens with zero attached hydrogens (tertiary/aromatic N) is 1. The number of piperidine rings is 1. The van der Waals surface area contributed by atoms with Crippen molar-refractivity contribution >= 4 is 5.97 Å². The normalized spacial score (nSPS) is 28.9. The van der Waals surface area contributed by atoms with E-state index in [1.807, 2.05) is 6.92 Å². The second-order valence-electron chi connectivity index (χ2n) is 4.68. The van der Waals surface area contributed by atoms with E-state index in [2.05, 4.69) is 11.8 Å². The average molecular weight is 229 g/mol. The standard InChI is InChI=1S/C12H23NO3/c1-4-5-10(12(14)15)13-7-6-9(2)11(8-13)16-3/h9-11H,4-8H2,1-3H3,(H,14,15). The van der Waals surface area contributed by atoms with Crippen molar-refractivity contribution in [2.45, 2.75) is 45.3 Å². The molecule has 4 nitrogen and oxygen atoms in total. The predicted molar refractivity (Wildman–Crippen MR) is 62.5 cm³/mol. The zero-order valence-corrected chi connectivity index (χ0v) is 10.5. The van der Waals surface area contributed by atoms with Gasteiger partial charge in [0.05, 0.1) is 6.10 Å². The summed E-state index contributed by atoms with van der Waals surface area (Å²) < 4.78 is 5.41. The van der Waals surface area contributed by atoms with E-state index in [9.17, 15) is 9.90 Å². The van der Waals surface area contributed by atoms with Crippen LogP contribution in [-0.2, 0) is 9.53 Å². The fourth-order valence-electron chi connectivity index (χ4n) is 2.38. The number of hydrogen-bond acceptors (Lipinski definition) is 3. The Kier molecular flexibility index (Phi) is 5.22. The van der Waals surface area contributed by atoms with Gasteiger partial charge in [-0.05, 0) is 25.3 Å². The van der Waals surface area contributed by atoms with Crippen LogP contribution in [0.25, 0.3) is 0 Å². The molecule has 0 radical (unpaired) electrons. The molecule has 0 amide bonds. The van der Waals surface area contributed by atoms with Gasteiger partial charge in [-0.2, -0.15) is 0 Å². The van der Waals surface area contributed by atoms with Crippen LogP contribution in [0.5, 0.6) is 0 Å². The lowest BCUT2D eigenvalue weighted by molar-refractivity contribution is -0.145. The summed E-state index contributed by atoms with van der Waals surface area (Å²) in [6.07, 6.45) is 2.82. The maximum atomic E-state index is 11.2. The molecule has 1 saturated heterocycles. The monoisotopic (exact) mass is 229 g/mol. The Labute approximate surface area is 97.6 Å². The first-order valence-electron chi connectivity index (χ1n) is 6.09. The van der Waals surface area contributed by atoms with Gasteiger partial charge >= 0.3 is 5.97 Å². The van der Waals surface area contributed by atoms with Crippen LogP contribution in [-0.4, -0.2) is 48.3 Å². The summed E-state index contributed by atoms with van der Waals surface area (Å²) in [6, 6.07) is -0.338. The molecule has 1 aliphatic heterocycles. The van der Waals surface area contributed by atoms with Crippen molar-refractivity contribution in [1.29, 1.82) is 0 Å². The van der Waals surface area contributed by atoms with E-state index >= 15 is 0 Å². The van der Waals surface area contributed by atoms with E-state index in [1.54, 1.807) is 7.11 Å². The Hall–Kier alpha value is -0.610. The lowest BCUT2D eigenvalue weighted by Crippen LogP contribution is -2.51. The number of likely N-dealkylation sites (tertiary alicyclic amines) is 1. The molecular weight excluding hydrogens is 206 g/mol. The lowest BCUT2D eigenvalue weighted by atomic mass is 9.94. The number of carbonyl (C=O) groups is 1. The van der Waals surface area contributed by atoms with E-state index in [0.717, 1.165) is 32.4 Å². The highest BCUT2D eigenvalue weighted by molar-refractivity contribution is 5.73. The second kappa shape index (κ2) is 6.21. The van der Waals surface area contributed by atoms with Gasteiger partial charge in [-0.25, -0.2) is 0 Å². The third kappa shape index (κ3) is 3.19. The van der Waals surface area contributed by atoms with E-state index in [1.165, 1.54) is 0 Å². The number of rotatable bonds is 5. The van der Waals surface area contributed by atoms with E-state index in [-0.39, 0.29) is 12.1 Å². The molecule has 0 aliphatic carbocycles. The molecule has 0 aromatic heterocycles. The summed E-state index contributed by atoms with van der Waals surface area (Å²) in [4.78, 5) is 13.2. The average Bonchev–Trinajstić information content (AvgIpc) is 2.26. The topological polar surface area (TPSA) is 49.8 Å². The number of carboxylic acid groups (broad SMARTS) is 1. The van der Waals surface area contributed by atoms with Crippen molar-refractivity contribution < 1.29 is 14.6 Å². The third-order valence-corrected chi connectivity index (χ3v) is 3.51. The van der Waals surface area contributed by atoms with E-state index in [0.29, 0.717) is 5.92 Å². The first kappa shape index (κ1) is 13.5. The van der Waals surface area contributed by atoms with Crippen LogP contribution in [0.1, 0.15) is 33.1 Å². The summed E-state index contributed by atoms with van der Waals surface area (Å²) >= 11 is 0. The van der Waals surface area contributed by atoms with Crippen LogP contribution in [0.15, 0.2) is 0 Å². The van der Waals surface area contributed by atoms with Crippen molar-refractivity contribution in [3.63, 3.8) is 0 Å². The van der Waals surface area contributed by atoms with Crippen LogP contribution in [0.4, 0.5) is 0 Å². The molecule has 4 heteroatoms. The van der Waals surface area contributed by atoms with Crippen LogP contribution >= 0.6 is 0 Å². The van der Waals surface area contributed by atoms with E-state index < -0.39 is 5.97 Å². The van der Waals surface area contributed by atoms with E-state index in [4.69, 9.17) is 4.74 Å². The highest BCUT2D eigenvalue weighted by Crippen LogP contribution is 2.22. The molecule has 0 aromatic rings. The molecule has 0 aromatic carbocycles.